The quantitative estimate of drug-likeness (QED) is 0.329. The second kappa shape index (κ2) is 11.3. The Bertz CT molecular complexity index is 1470. The minimum absolute atomic E-state index is 0.0459. The molecule has 12 heteroatoms. The molecule has 5 rings (SSSR count). The molecule has 1 saturated heterocycles. The molecule has 0 unspecified atom stereocenters. The Morgan fingerprint density at radius 2 is 1.90 bits per heavy atom. The van der Waals surface area contributed by atoms with Crippen molar-refractivity contribution in [1.82, 2.24) is 19.4 Å². The van der Waals surface area contributed by atoms with E-state index in [9.17, 15) is 18.7 Å². The van der Waals surface area contributed by atoms with Gasteiger partial charge in [0.2, 0.25) is 5.95 Å². The third-order valence-corrected chi connectivity index (χ3v) is 6.80. The summed E-state index contributed by atoms with van der Waals surface area (Å²) < 4.78 is 52.9. The first-order chi connectivity index (χ1) is 18.8. The fourth-order valence-electron chi connectivity index (χ4n) is 4.80. The van der Waals surface area contributed by atoms with E-state index in [1.807, 2.05) is 4.90 Å². The standard InChI is InChI=1S/C27H26F3N5O4/c1-38-15-21-22(10-17-4-2-3-5-23(17)39-26(29)30)35-14-19(20(28)11-24(35)33-21)18-12-31-27(32-13-18)34-8-6-16(7-9-34)25(36)37/h2-5,11-14,16,26H,6-10,15H2,1H3,(H,36,37). The molecule has 0 atom stereocenters. The maximum absolute atomic E-state index is 15.2. The van der Waals surface area contributed by atoms with Crippen molar-refractivity contribution >= 4 is 17.6 Å². The van der Waals surface area contributed by atoms with Crippen LogP contribution in [0.25, 0.3) is 16.8 Å². The summed E-state index contributed by atoms with van der Waals surface area (Å²) >= 11 is 0. The zero-order chi connectivity index (χ0) is 27.5. The van der Waals surface area contributed by atoms with Crippen LogP contribution >= 0.6 is 0 Å². The van der Waals surface area contributed by atoms with Crippen LogP contribution in [0.15, 0.2) is 48.9 Å². The van der Waals surface area contributed by atoms with Gasteiger partial charge in [-0.05, 0) is 18.9 Å². The lowest BCUT2D eigenvalue weighted by Crippen LogP contribution is -2.37. The first-order valence-electron chi connectivity index (χ1n) is 12.3. The lowest BCUT2D eigenvalue weighted by molar-refractivity contribution is -0.142. The van der Waals surface area contributed by atoms with Crippen molar-refractivity contribution in [1.29, 1.82) is 0 Å². The Labute approximate surface area is 221 Å². The first-order valence-corrected chi connectivity index (χ1v) is 12.3. The normalized spacial score (nSPS) is 14.3. The number of imidazole rings is 1. The van der Waals surface area contributed by atoms with Crippen LogP contribution in [0.3, 0.4) is 0 Å². The number of rotatable bonds is 9. The number of nitrogens with zero attached hydrogens (tertiary/aromatic N) is 5. The van der Waals surface area contributed by atoms with Gasteiger partial charge in [0, 0.05) is 68.0 Å². The van der Waals surface area contributed by atoms with Crippen LogP contribution in [0.1, 0.15) is 29.8 Å². The molecule has 204 valence electrons. The van der Waals surface area contributed by atoms with E-state index < -0.39 is 18.4 Å². The third kappa shape index (κ3) is 5.65. The number of carboxylic acids is 1. The van der Waals surface area contributed by atoms with E-state index in [1.54, 1.807) is 28.8 Å². The third-order valence-electron chi connectivity index (χ3n) is 6.80. The zero-order valence-electron chi connectivity index (χ0n) is 21.1. The van der Waals surface area contributed by atoms with Gasteiger partial charge < -0.3 is 23.9 Å². The second-order valence-electron chi connectivity index (χ2n) is 9.24. The second-order valence-corrected chi connectivity index (χ2v) is 9.24. The number of ether oxygens (including phenoxy) is 2. The number of para-hydroxylation sites is 1. The summed E-state index contributed by atoms with van der Waals surface area (Å²) in [5.74, 6) is -1.20. The molecule has 0 radical (unpaired) electrons. The average molecular weight is 542 g/mol. The monoisotopic (exact) mass is 541 g/mol. The van der Waals surface area contributed by atoms with E-state index in [4.69, 9.17) is 9.47 Å². The molecule has 0 aliphatic carbocycles. The summed E-state index contributed by atoms with van der Waals surface area (Å²) in [5.41, 5.74) is 2.70. The highest BCUT2D eigenvalue weighted by Crippen LogP contribution is 2.29. The van der Waals surface area contributed by atoms with Crippen LogP contribution in [0.4, 0.5) is 19.1 Å². The maximum atomic E-state index is 15.2. The van der Waals surface area contributed by atoms with Crippen LogP contribution in [0, 0.1) is 11.7 Å². The van der Waals surface area contributed by atoms with Gasteiger partial charge in [0.05, 0.1) is 23.9 Å². The predicted octanol–water partition coefficient (Wildman–Crippen LogP) is 4.57. The molecule has 1 aromatic carbocycles. The van der Waals surface area contributed by atoms with E-state index in [-0.39, 0.29) is 30.3 Å². The Morgan fingerprint density at radius 3 is 2.56 bits per heavy atom. The highest BCUT2D eigenvalue weighted by atomic mass is 19.3. The van der Waals surface area contributed by atoms with Gasteiger partial charge in [-0.2, -0.15) is 8.78 Å². The average Bonchev–Trinajstić information content (AvgIpc) is 3.24. The number of hydrogen-bond donors (Lipinski definition) is 1. The minimum Gasteiger partial charge on any atom is -0.481 e. The Morgan fingerprint density at radius 1 is 1.18 bits per heavy atom. The number of hydrogen-bond acceptors (Lipinski definition) is 7. The number of pyridine rings is 1. The highest BCUT2D eigenvalue weighted by molar-refractivity contribution is 5.70. The maximum Gasteiger partial charge on any atom is 0.387 e. The summed E-state index contributed by atoms with van der Waals surface area (Å²) in [4.78, 5) is 26.4. The molecule has 0 saturated carbocycles. The summed E-state index contributed by atoms with van der Waals surface area (Å²) in [5, 5.41) is 9.21. The van der Waals surface area contributed by atoms with Gasteiger partial charge in [-0.3, -0.25) is 4.79 Å². The lowest BCUT2D eigenvalue weighted by Gasteiger charge is -2.30. The number of carbonyl (C=O) groups is 1. The van der Waals surface area contributed by atoms with Crippen LogP contribution in [0.5, 0.6) is 5.75 Å². The van der Waals surface area contributed by atoms with Gasteiger partial charge in [0.15, 0.2) is 0 Å². The number of fused-ring (bicyclic) bond motifs is 1. The number of methoxy groups -OCH3 is 1. The van der Waals surface area contributed by atoms with Crippen molar-refractivity contribution in [2.45, 2.75) is 32.5 Å². The number of benzene rings is 1. The first kappa shape index (κ1) is 26.4. The molecule has 4 aromatic rings. The van der Waals surface area contributed by atoms with Gasteiger partial charge in [0.1, 0.15) is 17.2 Å². The van der Waals surface area contributed by atoms with Crippen molar-refractivity contribution in [3.63, 3.8) is 0 Å². The number of aromatic nitrogens is 4. The van der Waals surface area contributed by atoms with Crippen molar-refractivity contribution < 1.29 is 32.5 Å². The van der Waals surface area contributed by atoms with E-state index >= 15 is 4.39 Å². The number of carboxylic acid groups (broad SMARTS) is 1. The molecule has 1 fully saturated rings. The van der Waals surface area contributed by atoms with Gasteiger partial charge >= 0.3 is 12.6 Å². The zero-order valence-corrected chi connectivity index (χ0v) is 21.1. The number of piperidine rings is 1. The van der Waals surface area contributed by atoms with Crippen LogP contribution in [0.2, 0.25) is 0 Å². The molecular weight excluding hydrogens is 515 g/mol. The summed E-state index contributed by atoms with van der Waals surface area (Å²) in [6.07, 6.45) is 5.83. The van der Waals surface area contributed by atoms with E-state index in [1.165, 1.54) is 31.6 Å². The predicted molar refractivity (Wildman–Crippen MR) is 135 cm³/mol. The summed E-state index contributed by atoms with van der Waals surface area (Å²) in [6, 6.07) is 7.78. The van der Waals surface area contributed by atoms with Crippen LogP contribution in [-0.2, 0) is 22.6 Å². The molecule has 1 N–H and O–H groups in total. The van der Waals surface area contributed by atoms with E-state index in [0.29, 0.717) is 60.0 Å². The smallest absolute Gasteiger partial charge is 0.387 e. The highest BCUT2D eigenvalue weighted by Gasteiger charge is 2.26. The molecule has 1 aliphatic rings. The number of anilines is 1. The summed E-state index contributed by atoms with van der Waals surface area (Å²) in [6.45, 7) is -1.79. The van der Waals surface area contributed by atoms with Crippen molar-refractivity contribution in [2.75, 3.05) is 25.1 Å². The molecular formula is C27H26F3N5O4. The Kier molecular flexibility index (Phi) is 7.64. The topological polar surface area (TPSA) is 102 Å². The van der Waals surface area contributed by atoms with Crippen molar-refractivity contribution in [3.05, 3.63) is 71.7 Å². The number of aliphatic carboxylic acids is 1. The van der Waals surface area contributed by atoms with Crippen molar-refractivity contribution in [2.24, 2.45) is 5.92 Å². The molecule has 4 heterocycles. The van der Waals surface area contributed by atoms with Crippen molar-refractivity contribution in [3.8, 4) is 16.9 Å². The summed E-state index contributed by atoms with van der Waals surface area (Å²) in [7, 11) is 1.51. The fourth-order valence-corrected chi connectivity index (χ4v) is 4.80. The fraction of sp³-hybridized carbons (Fsp3) is 0.333. The van der Waals surface area contributed by atoms with Gasteiger partial charge in [-0.25, -0.2) is 19.3 Å². The lowest BCUT2D eigenvalue weighted by atomic mass is 9.97. The SMILES string of the molecule is COCc1nc2cc(F)c(-c3cnc(N4CCC(C(=O)O)CC4)nc3)cn2c1Cc1ccccc1OC(F)F. The van der Waals surface area contributed by atoms with E-state index in [2.05, 4.69) is 15.0 Å². The molecule has 0 amide bonds. The van der Waals surface area contributed by atoms with Gasteiger partial charge in [0.25, 0.3) is 0 Å². The van der Waals surface area contributed by atoms with Gasteiger partial charge in [-0.1, -0.05) is 18.2 Å². The molecule has 0 bridgehead atoms. The molecule has 3 aromatic heterocycles. The van der Waals surface area contributed by atoms with E-state index in [0.717, 1.165) is 0 Å². The Balaban J connectivity index is 1.47. The molecule has 9 nitrogen and oxygen atoms in total. The van der Waals surface area contributed by atoms with Gasteiger partial charge in [-0.15, -0.1) is 0 Å². The molecule has 0 spiro atoms. The van der Waals surface area contributed by atoms with Crippen LogP contribution < -0.4 is 9.64 Å². The molecule has 39 heavy (non-hydrogen) atoms. The minimum atomic E-state index is -2.97. The van der Waals surface area contributed by atoms with Crippen LogP contribution in [-0.4, -0.2) is 57.2 Å². The number of alkyl halides is 2. The largest absolute Gasteiger partial charge is 0.481 e. The molecule has 1 aliphatic heterocycles. The Hall–Kier alpha value is -4.19. The number of halogens is 3.